The molecule has 0 fully saturated rings. The van der Waals surface area contributed by atoms with Gasteiger partial charge in [-0.25, -0.2) is 4.98 Å². The second kappa shape index (κ2) is 10.4. The Morgan fingerprint density at radius 2 is 1.61 bits per heavy atom. The van der Waals surface area contributed by atoms with Gasteiger partial charge in [0, 0.05) is 27.5 Å². The lowest BCUT2D eigenvalue weighted by Gasteiger charge is -2.10. The van der Waals surface area contributed by atoms with Crippen molar-refractivity contribution in [1.29, 1.82) is 5.26 Å². The van der Waals surface area contributed by atoms with Crippen LogP contribution in [0.1, 0.15) is 21.7 Å². The Morgan fingerprint density at radius 1 is 0.947 bits per heavy atom. The molecule has 0 bridgehead atoms. The van der Waals surface area contributed by atoms with E-state index in [-0.39, 0.29) is 23.1 Å². The number of hydrogen-bond acceptors (Lipinski definition) is 7. The van der Waals surface area contributed by atoms with E-state index in [4.69, 9.17) is 16.1 Å². The van der Waals surface area contributed by atoms with Crippen molar-refractivity contribution < 1.29 is 9.32 Å². The van der Waals surface area contributed by atoms with Crippen LogP contribution in [0, 0.1) is 18.3 Å². The van der Waals surface area contributed by atoms with Crippen molar-refractivity contribution in [2.24, 2.45) is 0 Å². The molecule has 0 atom stereocenters. The number of carbonyl (C=O) groups excluding carboxylic acids is 1. The van der Waals surface area contributed by atoms with Crippen molar-refractivity contribution in [1.82, 2.24) is 15.1 Å². The van der Waals surface area contributed by atoms with Gasteiger partial charge in [0.15, 0.2) is 0 Å². The molecule has 2 aromatic heterocycles. The van der Waals surface area contributed by atoms with E-state index in [1.165, 1.54) is 0 Å². The number of carbonyl (C=O) groups is 1. The maximum absolute atomic E-state index is 13.1. The molecule has 38 heavy (non-hydrogen) atoms. The summed E-state index contributed by atoms with van der Waals surface area (Å²) >= 11 is 5.93. The molecule has 10 heteroatoms. The summed E-state index contributed by atoms with van der Waals surface area (Å²) in [7, 11) is 0. The molecular formula is C28H19ClN6O3. The Bertz CT molecular complexity index is 1720. The monoisotopic (exact) mass is 522 g/mol. The predicted molar refractivity (Wildman–Crippen MR) is 144 cm³/mol. The molecule has 186 valence electrons. The summed E-state index contributed by atoms with van der Waals surface area (Å²) in [6.45, 7) is 1.68. The van der Waals surface area contributed by atoms with Gasteiger partial charge in [0.25, 0.3) is 11.5 Å². The van der Waals surface area contributed by atoms with E-state index in [9.17, 15) is 14.9 Å². The summed E-state index contributed by atoms with van der Waals surface area (Å²) < 4.78 is 5.29. The number of aromatic nitrogens is 3. The molecule has 2 heterocycles. The number of H-pyrrole nitrogens is 1. The molecule has 0 aliphatic carbocycles. The smallest absolute Gasteiger partial charge is 0.270 e. The highest BCUT2D eigenvalue weighted by Crippen LogP contribution is 2.27. The number of anilines is 3. The number of amides is 1. The molecule has 1 amide bonds. The van der Waals surface area contributed by atoms with Gasteiger partial charge in [-0.15, -0.1) is 0 Å². The number of nitrogens with zero attached hydrogens (tertiary/aromatic N) is 3. The first-order valence-corrected chi connectivity index (χ1v) is 11.8. The third kappa shape index (κ3) is 5.02. The number of halogens is 1. The maximum Gasteiger partial charge on any atom is 0.270 e. The zero-order chi connectivity index (χ0) is 26.6. The highest BCUT2D eigenvalue weighted by molar-refractivity contribution is 6.30. The van der Waals surface area contributed by atoms with Crippen LogP contribution < -0.4 is 16.2 Å². The molecule has 0 aliphatic rings. The van der Waals surface area contributed by atoms with Crippen LogP contribution in [0.4, 0.5) is 17.3 Å². The fraction of sp³-hybridized carbons (Fsp3) is 0.0357. The third-order valence-electron chi connectivity index (χ3n) is 5.69. The molecule has 3 aromatic carbocycles. The number of nitriles is 1. The van der Waals surface area contributed by atoms with Gasteiger partial charge >= 0.3 is 0 Å². The first kappa shape index (κ1) is 24.5. The van der Waals surface area contributed by atoms with Crippen LogP contribution in [-0.2, 0) is 0 Å². The van der Waals surface area contributed by atoms with Gasteiger partial charge in [0.2, 0.25) is 5.95 Å². The highest BCUT2D eigenvalue weighted by Gasteiger charge is 2.22. The van der Waals surface area contributed by atoms with Gasteiger partial charge in [0.1, 0.15) is 28.7 Å². The van der Waals surface area contributed by atoms with Crippen LogP contribution in [0.25, 0.3) is 22.5 Å². The Labute approximate surface area is 221 Å². The average Bonchev–Trinajstić information content (AvgIpc) is 3.32. The second-order valence-electron chi connectivity index (χ2n) is 8.24. The Kier molecular flexibility index (Phi) is 6.72. The van der Waals surface area contributed by atoms with Crippen LogP contribution in [0.2, 0.25) is 5.02 Å². The summed E-state index contributed by atoms with van der Waals surface area (Å²) in [6.07, 6.45) is 0. The third-order valence-corrected chi connectivity index (χ3v) is 5.94. The Morgan fingerprint density at radius 3 is 2.29 bits per heavy atom. The van der Waals surface area contributed by atoms with E-state index >= 15 is 0 Å². The average molecular weight is 523 g/mol. The molecule has 0 aliphatic heterocycles. The van der Waals surface area contributed by atoms with Crippen LogP contribution in [0.5, 0.6) is 0 Å². The number of rotatable bonds is 6. The summed E-state index contributed by atoms with van der Waals surface area (Å²) in [5, 5.41) is 20.1. The first-order valence-electron chi connectivity index (χ1n) is 11.4. The van der Waals surface area contributed by atoms with Crippen molar-refractivity contribution in [2.45, 2.75) is 6.92 Å². The van der Waals surface area contributed by atoms with Gasteiger partial charge in [-0.05, 0) is 43.3 Å². The minimum Gasteiger partial charge on any atom is -0.360 e. The van der Waals surface area contributed by atoms with E-state index in [2.05, 4.69) is 25.8 Å². The molecule has 9 nitrogen and oxygen atoms in total. The Hall–Kier alpha value is -5.20. The SMILES string of the molecule is Cc1onc(-c2ccccc2)c1C(=O)Nc1ccc(-c2nc(Nc3ccc(Cl)cc3)[nH]c(=O)c2C#N)cc1. The second-order valence-corrected chi connectivity index (χ2v) is 8.68. The van der Waals surface area contributed by atoms with E-state index in [0.717, 1.165) is 5.56 Å². The maximum atomic E-state index is 13.1. The quantitative estimate of drug-likeness (QED) is 0.251. The van der Waals surface area contributed by atoms with Crippen molar-refractivity contribution in [3.05, 3.63) is 111 Å². The fourth-order valence-corrected chi connectivity index (χ4v) is 3.98. The first-order chi connectivity index (χ1) is 18.4. The van der Waals surface area contributed by atoms with Gasteiger partial charge in [0.05, 0.1) is 5.69 Å². The van der Waals surface area contributed by atoms with E-state index in [1.807, 2.05) is 36.4 Å². The van der Waals surface area contributed by atoms with Gasteiger partial charge in [-0.3, -0.25) is 14.6 Å². The van der Waals surface area contributed by atoms with E-state index < -0.39 is 5.56 Å². The highest BCUT2D eigenvalue weighted by atomic mass is 35.5. The van der Waals surface area contributed by atoms with E-state index in [0.29, 0.717) is 39.0 Å². The van der Waals surface area contributed by atoms with Crippen molar-refractivity contribution in [3.8, 4) is 28.6 Å². The van der Waals surface area contributed by atoms with Crippen molar-refractivity contribution >= 4 is 34.8 Å². The number of aryl methyl sites for hydroxylation is 1. The minimum atomic E-state index is -0.581. The van der Waals surface area contributed by atoms with Gasteiger partial charge < -0.3 is 15.2 Å². The molecule has 0 spiro atoms. The van der Waals surface area contributed by atoms with Crippen LogP contribution in [-0.4, -0.2) is 21.0 Å². The Balaban J connectivity index is 1.41. The molecule has 0 saturated heterocycles. The zero-order valence-electron chi connectivity index (χ0n) is 19.9. The molecule has 5 aromatic rings. The number of benzene rings is 3. The standard InChI is InChI=1S/C28H19ClN6O3/c1-16-23(25(35-38-16)17-5-3-2-4-6-17)27(37)31-20-11-7-18(8-12-20)24-22(15-30)26(36)34-28(33-24)32-21-13-9-19(29)10-14-21/h2-14H,1H3,(H,31,37)(H2,32,33,34,36). The van der Waals surface area contributed by atoms with Crippen LogP contribution in [0.3, 0.4) is 0 Å². The lowest BCUT2D eigenvalue weighted by molar-refractivity contribution is 0.102. The van der Waals surface area contributed by atoms with Crippen LogP contribution in [0.15, 0.2) is 88.2 Å². The molecular weight excluding hydrogens is 504 g/mol. The zero-order valence-corrected chi connectivity index (χ0v) is 20.7. The van der Waals surface area contributed by atoms with Gasteiger partial charge in [-0.1, -0.05) is 59.2 Å². The van der Waals surface area contributed by atoms with Gasteiger partial charge in [-0.2, -0.15) is 5.26 Å². The molecule has 5 rings (SSSR count). The normalized spacial score (nSPS) is 10.6. The largest absolute Gasteiger partial charge is 0.360 e. The molecule has 0 unspecified atom stereocenters. The lowest BCUT2D eigenvalue weighted by atomic mass is 10.1. The molecule has 0 radical (unpaired) electrons. The number of nitrogens with one attached hydrogen (secondary N) is 3. The summed E-state index contributed by atoms with van der Waals surface area (Å²) in [6, 6.07) is 24.7. The predicted octanol–water partition coefficient (Wildman–Crippen LogP) is 5.92. The topological polar surface area (TPSA) is 137 Å². The summed E-state index contributed by atoms with van der Waals surface area (Å²) in [5.74, 6) is 0.182. The van der Waals surface area contributed by atoms with Crippen molar-refractivity contribution in [2.75, 3.05) is 10.6 Å². The lowest BCUT2D eigenvalue weighted by Crippen LogP contribution is -2.16. The van der Waals surface area contributed by atoms with E-state index in [1.54, 1.807) is 55.5 Å². The summed E-state index contributed by atoms with van der Waals surface area (Å²) in [5.41, 5.74) is 2.72. The number of aromatic amines is 1. The number of hydrogen-bond donors (Lipinski definition) is 3. The minimum absolute atomic E-state index is 0.129. The van der Waals surface area contributed by atoms with Crippen LogP contribution >= 0.6 is 11.6 Å². The fourth-order valence-electron chi connectivity index (χ4n) is 3.85. The molecule has 0 saturated carbocycles. The summed E-state index contributed by atoms with van der Waals surface area (Å²) in [4.78, 5) is 32.7. The van der Waals surface area contributed by atoms with Crippen molar-refractivity contribution in [3.63, 3.8) is 0 Å². The molecule has 3 N–H and O–H groups in total.